The van der Waals surface area contributed by atoms with Crippen molar-refractivity contribution in [2.75, 3.05) is 0 Å². The maximum absolute atomic E-state index is 11.7. The topological polar surface area (TPSA) is 82.2 Å². The summed E-state index contributed by atoms with van der Waals surface area (Å²) >= 11 is 0. The highest BCUT2D eigenvalue weighted by molar-refractivity contribution is 6.00. The molecule has 112 valence electrons. The highest BCUT2D eigenvalue weighted by atomic mass is 16.4. The van der Waals surface area contributed by atoms with Crippen LogP contribution in [0.5, 0.6) is 0 Å². The standard InChI is InChI=1S/C16H20N2O3/c1-4-12-10(3)16(21)18-14(12)7-13-9(2)11(8-17-13)5-6-15(19)20/h7-8,17H,4-6H2,1-3H3,(H,18,21)(H,19,20)/b14-7+. The zero-order valence-corrected chi connectivity index (χ0v) is 12.5. The van der Waals surface area contributed by atoms with E-state index < -0.39 is 5.97 Å². The SMILES string of the molecule is CCC1=C(C)C(=O)N/C1=C/c1[nH]cc(CCC(=O)O)c1C. The van der Waals surface area contributed by atoms with Crippen molar-refractivity contribution >= 4 is 18.0 Å². The number of aromatic nitrogens is 1. The maximum Gasteiger partial charge on any atom is 0.303 e. The second-order valence-corrected chi connectivity index (χ2v) is 5.22. The first-order valence-electron chi connectivity index (χ1n) is 7.05. The van der Waals surface area contributed by atoms with Gasteiger partial charge in [0.25, 0.3) is 5.91 Å². The Labute approximate surface area is 123 Å². The molecule has 0 radical (unpaired) electrons. The maximum atomic E-state index is 11.7. The molecule has 1 aromatic heterocycles. The van der Waals surface area contributed by atoms with Crippen LogP contribution in [0, 0.1) is 6.92 Å². The molecular formula is C16H20N2O3. The summed E-state index contributed by atoms with van der Waals surface area (Å²) in [5.41, 5.74) is 5.55. The van der Waals surface area contributed by atoms with Crippen LogP contribution in [0.1, 0.15) is 43.5 Å². The van der Waals surface area contributed by atoms with Crippen molar-refractivity contribution in [2.45, 2.75) is 40.0 Å². The van der Waals surface area contributed by atoms with Gasteiger partial charge in [0, 0.05) is 29.6 Å². The minimum absolute atomic E-state index is 0.0478. The molecule has 3 N–H and O–H groups in total. The molecule has 0 saturated heterocycles. The van der Waals surface area contributed by atoms with Crippen molar-refractivity contribution < 1.29 is 14.7 Å². The zero-order valence-electron chi connectivity index (χ0n) is 12.5. The van der Waals surface area contributed by atoms with Crippen LogP contribution in [0.4, 0.5) is 0 Å². The van der Waals surface area contributed by atoms with Crippen molar-refractivity contribution in [3.05, 3.63) is 39.9 Å². The van der Waals surface area contributed by atoms with Crippen LogP contribution in [-0.4, -0.2) is 22.0 Å². The lowest BCUT2D eigenvalue weighted by Crippen LogP contribution is -2.15. The number of carboxylic acids is 1. The molecule has 0 aromatic carbocycles. The molecule has 0 aliphatic carbocycles. The Morgan fingerprint density at radius 3 is 2.71 bits per heavy atom. The Kier molecular flexibility index (Phi) is 4.31. The number of nitrogens with one attached hydrogen (secondary N) is 2. The van der Waals surface area contributed by atoms with Crippen molar-refractivity contribution in [3.8, 4) is 0 Å². The van der Waals surface area contributed by atoms with Gasteiger partial charge < -0.3 is 15.4 Å². The minimum Gasteiger partial charge on any atom is -0.481 e. The summed E-state index contributed by atoms with van der Waals surface area (Å²) in [5.74, 6) is -0.848. The molecule has 0 bridgehead atoms. The molecule has 0 atom stereocenters. The van der Waals surface area contributed by atoms with E-state index in [4.69, 9.17) is 5.11 Å². The molecule has 5 heteroatoms. The van der Waals surface area contributed by atoms with E-state index in [1.165, 1.54) is 0 Å². The van der Waals surface area contributed by atoms with Gasteiger partial charge in [-0.25, -0.2) is 0 Å². The number of hydrogen-bond acceptors (Lipinski definition) is 2. The third-order valence-electron chi connectivity index (χ3n) is 3.90. The molecule has 21 heavy (non-hydrogen) atoms. The first kappa shape index (κ1) is 15.1. The van der Waals surface area contributed by atoms with E-state index in [0.29, 0.717) is 6.42 Å². The lowest BCUT2D eigenvalue weighted by Gasteiger charge is -2.03. The van der Waals surface area contributed by atoms with Crippen LogP contribution >= 0.6 is 0 Å². The summed E-state index contributed by atoms with van der Waals surface area (Å²) in [6, 6.07) is 0. The summed E-state index contributed by atoms with van der Waals surface area (Å²) in [7, 11) is 0. The fourth-order valence-electron chi connectivity index (χ4n) is 2.56. The number of carboxylic acid groups (broad SMARTS) is 1. The number of aliphatic carboxylic acids is 1. The van der Waals surface area contributed by atoms with Crippen molar-refractivity contribution in [2.24, 2.45) is 0 Å². The van der Waals surface area contributed by atoms with E-state index in [2.05, 4.69) is 10.3 Å². The lowest BCUT2D eigenvalue weighted by molar-refractivity contribution is -0.137. The quantitative estimate of drug-likeness (QED) is 0.778. The van der Waals surface area contributed by atoms with Gasteiger partial charge in [0.15, 0.2) is 0 Å². The zero-order chi connectivity index (χ0) is 15.6. The van der Waals surface area contributed by atoms with Crippen LogP contribution in [0.25, 0.3) is 6.08 Å². The molecular weight excluding hydrogens is 268 g/mol. The van der Waals surface area contributed by atoms with Gasteiger partial charge in [-0.05, 0) is 49.5 Å². The van der Waals surface area contributed by atoms with Gasteiger partial charge in [0.2, 0.25) is 0 Å². The Balaban J connectivity index is 2.26. The van der Waals surface area contributed by atoms with Crippen LogP contribution in [0.2, 0.25) is 0 Å². The predicted octanol–water partition coefficient (Wildman–Crippen LogP) is 2.54. The number of carbonyl (C=O) groups is 2. The summed E-state index contributed by atoms with van der Waals surface area (Å²) in [5, 5.41) is 11.6. The van der Waals surface area contributed by atoms with E-state index in [-0.39, 0.29) is 12.3 Å². The number of amides is 1. The van der Waals surface area contributed by atoms with Gasteiger partial charge in [-0.3, -0.25) is 9.59 Å². The van der Waals surface area contributed by atoms with Crippen molar-refractivity contribution in [1.82, 2.24) is 10.3 Å². The van der Waals surface area contributed by atoms with Crippen LogP contribution in [-0.2, 0) is 16.0 Å². The summed E-state index contributed by atoms with van der Waals surface area (Å²) in [6.07, 6.45) is 5.17. The molecule has 0 saturated carbocycles. The number of H-pyrrole nitrogens is 1. The highest BCUT2D eigenvalue weighted by Crippen LogP contribution is 2.26. The van der Waals surface area contributed by atoms with E-state index in [1.807, 2.05) is 33.0 Å². The first-order chi connectivity index (χ1) is 9.93. The normalized spacial score (nSPS) is 16.7. The summed E-state index contributed by atoms with van der Waals surface area (Å²) in [6.45, 7) is 5.81. The van der Waals surface area contributed by atoms with Gasteiger partial charge in [0.05, 0.1) is 0 Å². The minimum atomic E-state index is -0.801. The second-order valence-electron chi connectivity index (χ2n) is 5.22. The largest absolute Gasteiger partial charge is 0.481 e. The van der Waals surface area contributed by atoms with Gasteiger partial charge in [0.1, 0.15) is 0 Å². The fraction of sp³-hybridized carbons (Fsp3) is 0.375. The van der Waals surface area contributed by atoms with Gasteiger partial charge in [-0.15, -0.1) is 0 Å². The molecule has 5 nitrogen and oxygen atoms in total. The molecule has 0 fully saturated rings. The van der Waals surface area contributed by atoms with Crippen LogP contribution < -0.4 is 5.32 Å². The van der Waals surface area contributed by atoms with Crippen molar-refractivity contribution in [3.63, 3.8) is 0 Å². The van der Waals surface area contributed by atoms with Crippen molar-refractivity contribution in [1.29, 1.82) is 0 Å². The van der Waals surface area contributed by atoms with E-state index in [0.717, 1.165) is 40.1 Å². The van der Waals surface area contributed by atoms with Gasteiger partial charge >= 0.3 is 5.97 Å². The van der Waals surface area contributed by atoms with Crippen LogP contribution in [0.3, 0.4) is 0 Å². The van der Waals surface area contributed by atoms with E-state index in [1.54, 1.807) is 0 Å². The van der Waals surface area contributed by atoms with E-state index >= 15 is 0 Å². The summed E-state index contributed by atoms with van der Waals surface area (Å²) < 4.78 is 0. The van der Waals surface area contributed by atoms with Gasteiger partial charge in [-0.1, -0.05) is 6.92 Å². The number of aryl methyl sites for hydroxylation is 1. The highest BCUT2D eigenvalue weighted by Gasteiger charge is 2.22. The number of hydrogen-bond donors (Lipinski definition) is 3. The Hall–Kier alpha value is -2.30. The summed E-state index contributed by atoms with van der Waals surface area (Å²) in [4.78, 5) is 25.5. The molecule has 0 spiro atoms. The second kappa shape index (κ2) is 5.99. The van der Waals surface area contributed by atoms with Gasteiger partial charge in [-0.2, -0.15) is 0 Å². The molecule has 2 heterocycles. The fourth-order valence-corrected chi connectivity index (χ4v) is 2.56. The number of aromatic amines is 1. The lowest BCUT2D eigenvalue weighted by atomic mass is 10.0. The van der Waals surface area contributed by atoms with E-state index in [9.17, 15) is 9.59 Å². The third kappa shape index (κ3) is 3.07. The average molecular weight is 288 g/mol. The third-order valence-corrected chi connectivity index (χ3v) is 3.90. The first-order valence-corrected chi connectivity index (χ1v) is 7.05. The number of rotatable bonds is 5. The molecule has 1 aliphatic heterocycles. The Morgan fingerprint density at radius 1 is 1.38 bits per heavy atom. The molecule has 1 amide bonds. The Morgan fingerprint density at radius 2 is 2.10 bits per heavy atom. The number of allylic oxidation sites excluding steroid dienone is 1. The smallest absolute Gasteiger partial charge is 0.303 e. The molecule has 1 aliphatic rings. The number of carbonyl (C=O) groups excluding carboxylic acids is 1. The molecule has 0 unspecified atom stereocenters. The predicted molar refractivity (Wildman–Crippen MR) is 80.6 cm³/mol. The Bertz CT molecular complexity index is 650. The molecule has 1 aromatic rings. The monoisotopic (exact) mass is 288 g/mol. The van der Waals surface area contributed by atoms with Crippen LogP contribution in [0.15, 0.2) is 23.0 Å². The molecule has 2 rings (SSSR count). The average Bonchev–Trinajstić information content (AvgIpc) is 2.90.